The average Bonchev–Trinajstić information content (AvgIpc) is 3.16. The van der Waals surface area contributed by atoms with Gasteiger partial charge in [0.25, 0.3) is 0 Å². The molecule has 1 aromatic heterocycles. The smallest absolute Gasteiger partial charge is 0.314 e. The van der Waals surface area contributed by atoms with Gasteiger partial charge in [-0.1, -0.05) is 18.2 Å². The largest absolute Gasteiger partial charge is 0.504 e. The molecule has 2 aromatic carbocycles. The molecule has 0 bridgehead atoms. The van der Waals surface area contributed by atoms with Crippen LogP contribution >= 0.6 is 11.3 Å². The maximum Gasteiger partial charge on any atom is 0.314 e. The first-order chi connectivity index (χ1) is 14.7. The summed E-state index contributed by atoms with van der Waals surface area (Å²) in [7, 11) is 0. The second-order valence-corrected chi connectivity index (χ2v) is 7.84. The van der Waals surface area contributed by atoms with Gasteiger partial charge in [0, 0.05) is 33.5 Å². The lowest BCUT2D eigenvalue weighted by molar-refractivity contribution is -0.386. The van der Waals surface area contributed by atoms with Crippen molar-refractivity contribution < 1.29 is 29.8 Å². The number of anilines is 1. The molecule has 0 unspecified atom stereocenters. The van der Waals surface area contributed by atoms with E-state index in [4.69, 9.17) is 5.11 Å². The number of para-hydroxylation sites is 1. The minimum atomic E-state index is -0.921. The molecule has 3 aromatic rings. The quantitative estimate of drug-likeness (QED) is 0.234. The Hall–Kier alpha value is -3.92. The minimum absolute atomic E-state index is 0.00952. The number of rotatable bonds is 8. The van der Waals surface area contributed by atoms with Gasteiger partial charge in [-0.05, 0) is 36.2 Å². The fraction of sp³-hybridized carbons (Fsp3) is 0.143. The third-order valence-corrected chi connectivity index (χ3v) is 5.54. The molecule has 0 radical (unpaired) electrons. The van der Waals surface area contributed by atoms with Crippen LogP contribution in [0, 0.1) is 10.1 Å². The van der Waals surface area contributed by atoms with Crippen LogP contribution in [0.5, 0.6) is 11.5 Å². The van der Waals surface area contributed by atoms with Crippen LogP contribution < -0.4 is 5.32 Å². The summed E-state index contributed by atoms with van der Waals surface area (Å²) in [5, 5.41) is 41.9. The molecule has 1 heterocycles. The molecule has 1 amide bonds. The van der Waals surface area contributed by atoms with E-state index in [0.717, 1.165) is 16.5 Å². The minimum Gasteiger partial charge on any atom is -0.504 e. The van der Waals surface area contributed by atoms with Gasteiger partial charge in [-0.25, -0.2) is 0 Å². The molecule has 4 N–H and O–H groups in total. The molecule has 0 atom stereocenters. The van der Waals surface area contributed by atoms with Crippen LogP contribution in [0.15, 0.2) is 48.5 Å². The predicted octanol–water partition coefficient (Wildman–Crippen LogP) is 3.93. The Kier molecular flexibility index (Phi) is 6.51. The van der Waals surface area contributed by atoms with E-state index in [9.17, 15) is 29.9 Å². The molecule has 3 rings (SSSR count). The topological polar surface area (TPSA) is 150 Å². The number of carboxylic acid groups (broad SMARTS) is 1. The molecule has 160 valence electrons. The molecule has 0 aliphatic rings. The van der Waals surface area contributed by atoms with Gasteiger partial charge < -0.3 is 20.6 Å². The van der Waals surface area contributed by atoms with Crippen molar-refractivity contribution in [2.75, 3.05) is 5.32 Å². The molecule has 10 heteroatoms. The van der Waals surface area contributed by atoms with Crippen molar-refractivity contribution in [3.05, 3.63) is 69.1 Å². The first-order valence-electron chi connectivity index (χ1n) is 9.13. The van der Waals surface area contributed by atoms with Crippen LogP contribution in [0.4, 0.5) is 11.4 Å². The number of aliphatic carboxylic acids is 1. The maximum atomic E-state index is 12.5. The van der Waals surface area contributed by atoms with Gasteiger partial charge in [-0.2, -0.15) is 0 Å². The first-order valence-corrected chi connectivity index (χ1v) is 9.95. The molecule has 0 spiro atoms. The standard InChI is InChI=1S/C21H18N2O7S/c24-17-10-12(9-16(21(17)28)23(29)30)5-8-19(25)22-15-4-2-1-3-14(15)18-7-6-13(31-18)11-20(26)27/h1-4,6-7,9-10,24,28H,5,8,11H2,(H,22,25)(H,26,27). The highest BCUT2D eigenvalue weighted by molar-refractivity contribution is 7.15. The molecule has 0 aliphatic carbocycles. The first kappa shape index (κ1) is 21.8. The van der Waals surface area contributed by atoms with Crippen LogP contribution in [0.3, 0.4) is 0 Å². The monoisotopic (exact) mass is 442 g/mol. The highest BCUT2D eigenvalue weighted by Gasteiger charge is 2.19. The van der Waals surface area contributed by atoms with Crippen molar-refractivity contribution in [2.45, 2.75) is 19.3 Å². The number of carbonyl (C=O) groups is 2. The normalized spacial score (nSPS) is 10.6. The van der Waals surface area contributed by atoms with E-state index in [2.05, 4.69) is 5.32 Å². The highest BCUT2D eigenvalue weighted by Crippen LogP contribution is 2.37. The van der Waals surface area contributed by atoms with E-state index in [0.29, 0.717) is 16.1 Å². The number of nitro groups is 1. The summed E-state index contributed by atoms with van der Waals surface area (Å²) in [6.07, 6.45) is 0.0274. The van der Waals surface area contributed by atoms with E-state index >= 15 is 0 Å². The van der Waals surface area contributed by atoms with Gasteiger partial charge in [-0.3, -0.25) is 19.7 Å². The van der Waals surface area contributed by atoms with Gasteiger partial charge in [-0.15, -0.1) is 11.3 Å². The fourth-order valence-corrected chi connectivity index (χ4v) is 4.03. The molecule has 9 nitrogen and oxygen atoms in total. The predicted molar refractivity (Wildman–Crippen MR) is 114 cm³/mol. The zero-order chi connectivity index (χ0) is 22.5. The summed E-state index contributed by atoms with van der Waals surface area (Å²) in [6, 6.07) is 12.9. The summed E-state index contributed by atoms with van der Waals surface area (Å²) in [4.78, 5) is 35.0. The van der Waals surface area contributed by atoms with Gasteiger partial charge in [0.05, 0.1) is 11.3 Å². The second kappa shape index (κ2) is 9.26. The number of phenols is 2. The number of benzene rings is 2. The number of carboxylic acids is 1. The summed E-state index contributed by atoms with van der Waals surface area (Å²) in [6.45, 7) is 0. The average molecular weight is 442 g/mol. The molecule has 31 heavy (non-hydrogen) atoms. The van der Waals surface area contributed by atoms with Crippen LogP contribution in [0.1, 0.15) is 16.9 Å². The van der Waals surface area contributed by atoms with E-state index in [1.54, 1.807) is 30.3 Å². The third kappa shape index (κ3) is 5.37. The molecule has 0 fully saturated rings. The van der Waals surface area contributed by atoms with Crippen molar-refractivity contribution >= 4 is 34.6 Å². The van der Waals surface area contributed by atoms with E-state index < -0.39 is 28.1 Å². The lowest BCUT2D eigenvalue weighted by Crippen LogP contribution is -2.13. The van der Waals surface area contributed by atoms with Gasteiger partial charge in [0.2, 0.25) is 11.7 Å². The maximum absolute atomic E-state index is 12.5. The fourth-order valence-electron chi connectivity index (χ4n) is 2.99. The number of thiophene rings is 1. The molecule has 0 saturated heterocycles. The second-order valence-electron chi connectivity index (χ2n) is 6.67. The summed E-state index contributed by atoms with van der Waals surface area (Å²) in [5.74, 6) is -2.70. The zero-order valence-corrected chi connectivity index (χ0v) is 16.9. The van der Waals surface area contributed by atoms with Gasteiger partial charge in [0.15, 0.2) is 5.75 Å². The number of carbonyl (C=O) groups excluding carboxylic acids is 1. The van der Waals surface area contributed by atoms with E-state index in [-0.39, 0.29) is 25.2 Å². The summed E-state index contributed by atoms with van der Waals surface area (Å²) in [5.41, 5.74) is 1.00. The Morgan fingerprint density at radius 1 is 1.10 bits per heavy atom. The van der Waals surface area contributed by atoms with Crippen molar-refractivity contribution in [1.29, 1.82) is 0 Å². The van der Waals surface area contributed by atoms with Crippen LogP contribution in [0.2, 0.25) is 0 Å². The van der Waals surface area contributed by atoms with Crippen LogP contribution in [-0.4, -0.2) is 32.1 Å². The number of nitro benzene ring substituents is 1. The Morgan fingerprint density at radius 2 is 1.84 bits per heavy atom. The van der Waals surface area contributed by atoms with Crippen molar-refractivity contribution in [1.82, 2.24) is 0 Å². The third-order valence-electron chi connectivity index (χ3n) is 4.42. The van der Waals surface area contributed by atoms with Gasteiger partial charge in [0.1, 0.15) is 0 Å². The SMILES string of the molecule is O=C(O)Cc1ccc(-c2ccccc2NC(=O)CCc2cc(O)c(O)c([N+](=O)[O-])c2)s1. The number of phenolic OH excluding ortho intramolecular Hbond substituents is 2. The molecule has 0 saturated carbocycles. The van der Waals surface area contributed by atoms with Crippen LogP contribution in [-0.2, 0) is 22.4 Å². The molecular formula is C21H18N2O7S. The number of nitrogens with zero attached hydrogens (tertiary/aromatic N) is 1. The highest BCUT2D eigenvalue weighted by atomic mass is 32.1. The Morgan fingerprint density at radius 3 is 2.55 bits per heavy atom. The lowest BCUT2D eigenvalue weighted by atomic mass is 10.1. The number of hydrogen-bond donors (Lipinski definition) is 4. The van der Waals surface area contributed by atoms with Crippen molar-refractivity contribution in [3.63, 3.8) is 0 Å². The summed E-state index contributed by atoms with van der Waals surface area (Å²) < 4.78 is 0. The number of hydrogen-bond acceptors (Lipinski definition) is 7. The van der Waals surface area contributed by atoms with Crippen molar-refractivity contribution in [3.8, 4) is 21.9 Å². The van der Waals surface area contributed by atoms with E-state index in [1.807, 2.05) is 6.07 Å². The Bertz CT molecular complexity index is 1160. The molecular weight excluding hydrogens is 424 g/mol. The van der Waals surface area contributed by atoms with Gasteiger partial charge >= 0.3 is 11.7 Å². The number of aryl methyl sites for hydroxylation is 1. The number of nitrogens with one attached hydrogen (secondary N) is 1. The Balaban J connectivity index is 1.71. The van der Waals surface area contributed by atoms with Crippen molar-refractivity contribution in [2.24, 2.45) is 0 Å². The zero-order valence-electron chi connectivity index (χ0n) is 16.1. The van der Waals surface area contributed by atoms with Crippen LogP contribution in [0.25, 0.3) is 10.4 Å². The number of aromatic hydroxyl groups is 2. The number of amides is 1. The summed E-state index contributed by atoms with van der Waals surface area (Å²) >= 11 is 1.33. The Labute approximate surface area is 180 Å². The van der Waals surface area contributed by atoms with E-state index in [1.165, 1.54) is 17.4 Å². The lowest BCUT2D eigenvalue weighted by Gasteiger charge is -2.10. The molecule has 0 aliphatic heterocycles.